The van der Waals surface area contributed by atoms with Crippen LogP contribution in [0.5, 0.6) is 0 Å². The summed E-state index contributed by atoms with van der Waals surface area (Å²) in [6.45, 7) is 12.0. The van der Waals surface area contributed by atoms with E-state index in [2.05, 4.69) is 0 Å². The van der Waals surface area contributed by atoms with Gasteiger partial charge in [-0.3, -0.25) is 0 Å². The predicted octanol–water partition coefficient (Wildman–Crippen LogP) is 4.88. The Labute approximate surface area is 110 Å². The number of aryl methyl sites for hydroxylation is 1. The van der Waals surface area contributed by atoms with Crippen molar-refractivity contribution < 1.29 is 9.53 Å². The Morgan fingerprint density at radius 1 is 1.24 bits per heavy atom. The van der Waals surface area contributed by atoms with Crippen molar-refractivity contribution in [3.8, 4) is 0 Å². The van der Waals surface area contributed by atoms with Crippen molar-refractivity contribution >= 4 is 17.6 Å². The molecule has 0 N–H and O–H groups in total. The molecule has 0 amide bonds. The average Bonchev–Trinajstić information content (AvgIpc) is 2.38. The lowest BCUT2D eigenvalue weighted by molar-refractivity contribution is 0.0526. The Bertz CT molecular complexity index is 322. The summed E-state index contributed by atoms with van der Waals surface area (Å²) in [5.41, 5.74) is 1.43. The molecule has 1 aromatic carbocycles. The van der Waals surface area contributed by atoms with Crippen molar-refractivity contribution in [1.29, 1.82) is 0 Å². The van der Waals surface area contributed by atoms with Crippen LogP contribution in [0.4, 0.5) is 0 Å². The number of rotatable bonds is 2. The number of hydrogen-bond donors (Lipinski definition) is 0. The van der Waals surface area contributed by atoms with Crippen LogP contribution in [0.1, 0.15) is 50.5 Å². The molecule has 0 radical (unpaired) electrons. The van der Waals surface area contributed by atoms with Gasteiger partial charge in [0, 0.05) is 5.02 Å². The van der Waals surface area contributed by atoms with Gasteiger partial charge in [-0.2, -0.15) is 0 Å². The zero-order valence-corrected chi connectivity index (χ0v) is 12.4. The standard InChI is InChI=1S/C10H11ClO2.2C2H6/c1-3-13-10(12)8-4-5-9(11)7(2)6-8;2*1-2/h4-6H,3H2,1-2H3;2*1-2H3. The molecule has 0 heterocycles. The predicted molar refractivity (Wildman–Crippen MR) is 74.8 cm³/mol. The molecular weight excluding hydrogens is 236 g/mol. The summed E-state index contributed by atoms with van der Waals surface area (Å²) in [5, 5.41) is 0.660. The molecule has 0 spiro atoms. The van der Waals surface area contributed by atoms with E-state index in [9.17, 15) is 4.79 Å². The van der Waals surface area contributed by atoms with Gasteiger partial charge in [0.1, 0.15) is 0 Å². The third-order valence-corrected chi connectivity index (χ3v) is 2.09. The average molecular weight is 259 g/mol. The van der Waals surface area contributed by atoms with Gasteiger partial charge < -0.3 is 4.74 Å². The maximum atomic E-state index is 11.2. The van der Waals surface area contributed by atoms with E-state index in [4.69, 9.17) is 16.3 Å². The van der Waals surface area contributed by atoms with Crippen molar-refractivity contribution in [2.75, 3.05) is 6.61 Å². The zero-order valence-electron chi connectivity index (χ0n) is 11.6. The first-order valence-corrected chi connectivity index (χ1v) is 6.46. The van der Waals surface area contributed by atoms with E-state index in [0.29, 0.717) is 17.2 Å². The normalized spacial score (nSPS) is 8.18. The first kappa shape index (κ1) is 18.3. The summed E-state index contributed by atoms with van der Waals surface area (Å²) >= 11 is 5.81. The molecule has 1 rings (SSSR count). The number of ether oxygens (including phenoxy) is 1. The van der Waals surface area contributed by atoms with E-state index in [0.717, 1.165) is 5.56 Å². The Morgan fingerprint density at radius 2 is 1.76 bits per heavy atom. The molecule has 0 aliphatic heterocycles. The number of esters is 1. The smallest absolute Gasteiger partial charge is 0.338 e. The molecule has 17 heavy (non-hydrogen) atoms. The fourth-order valence-electron chi connectivity index (χ4n) is 0.986. The fourth-order valence-corrected chi connectivity index (χ4v) is 1.10. The van der Waals surface area contributed by atoms with Crippen LogP contribution in [-0.2, 0) is 4.74 Å². The highest BCUT2D eigenvalue weighted by Gasteiger charge is 2.06. The largest absolute Gasteiger partial charge is 0.462 e. The number of halogens is 1. The fraction of sp³-hybridized carbons (Fsp3) is 0.500. The summed E-state index contributed by atoms with van der Waals surface area (Å²) in [6.07, 6.45) is 0. The zero-order chi connectivity index (χ0) is 13.8. The molecular formula is C14H23ClO2. The van der Waals surface area contributed by atoms with Gasteiger partial charge in [-0.05, 0) is 37.6 Å². The van der Waals surface area contributed by atoms with Crippen LogP contribution >= 0.6 is 11.6 Å². The maximum absolute atomic E-state index is 11.2. The minimum Gasteiger partial charge on any atom is -0.462 e. The maximum Gasteiger partial charge on any atom is 0.338 e. The van der Waals surface area contributed by atoms with E-state index in [1.807, 2.05) is 34.6 Å². The second kappa shape index (κ2) is 11.5. The molecule has 1 aromatic rings. The van der Waals surface area contributed by atoms with Gasteiger partial charge in [0.05, 0.1) is 12.2 Å². The van der Waals surface area contributed by atoms with Crippen LogP contribution in [-0.4, -0.2) is 12.6 Å². The van der Waals surface area contributed by atoms with Crippen LogP contribution in [0.2, 0.25) is 5.02 Å². The summed E-state index contributed by atoms with van der Waals surface area (Å²) in [7, 11) is 0. The molecule has 0 unspecified atom stereocenters. The highest BCUT2D eigenvalue weighted by Crippen LogP contribution is 2.16. The van der Waals surface area contributed by atoms with Crippen LogP contribution in [0.25, 0.3) is 0 Å². The quantitative estimate of drug-likeness (QED) is 0.707. The lowest BCUT2D eigenvalue weighted by atomic mass is 10.1. The number of carbonyl (C=O) groups is 1. The lowest BCUT2D eigenvalue weighted by Gasteiger charge is -2.03. The van der Waals surface area contributed by atoms with Crippen molar-refractivity contribution in [1.82, 2.24) is 0 Å². The van der Waals surface area contributed by atoms with E-state index < -0.39 is 0 Å². The Balaban J connectivity index is 0. The highest BCUT2D eigenvalue weighted by atomic mass is 35.5. The number of carbonyl (C=O) groups excluding carboxylic acids is 1. The van der Waals surface area contributed by atoms with Gasteiger partial charge >= 0.3 is 5.97 Å². The van der Waals surface area contributed by atoms with Gasteiger partial charge in [0.2, 0.25) is 0 Å². The Hall–Kier alpha value is -1.02. The summed E-state index contributed by atoms with van der Waals surface area (Å²) in [5.74, 6) is -0.303. The number of hydrogen-bond acceptors (Lipinski definition) is 2. The molecule has 0 atom stereocenters. The Kier molecular flexibility index (Phi) is 12.4. The molecule has 0 saturated heterocycles. The van der Waals surface area contributed by atoms with E-state index >= 15 is 0 Å². The van der Waals surface area contributed by atoms with Crippen molar-refractivity contribution in [3.05, 3.63) is 34.3 Å². The minimum absolute atomic E-state index is 0.303. The van der Waals surface area contributed by atoms with Crippen molar-refractivity contribution in [3.63, 3.8) is 0 Å². The summed E-state index contributed by atoms with van der Waals surface area (Å²) in [6, 6.07) is 5.08. The summed E-state index contributed by atoms with van der Waals surface area (Å²) < 4.78 is 4.84. The number of benzene rings is 1. The van der Waals surface area contributed by atoms with E-state index in [1.165, 1.54) is 0 Å². The van der Waals surface area contributed by atoms with Gasteiger partial charge in [-0.1, -0.05) is 39.3 Å². The van der Waals surface area contributed by atoms with Crippen LogP contribution in [0, 0.1) is 6.92 Å². The molecule has 2 nitrogen and oxygen atoms in total. The minimum atomic E-state index is -0.303. The second-order valence-electron chi connectivity index (χ2n) is 2.68. The molecule has 0 saturated carbocycles. The van der Waals surface area contributed by atoms with E-state index in [1.54, 1.807) is 25.1 Å². The third-order valence-electron chi connectivity index (χ3n) is 1.67. The van der Waals surface area contributed by atoms with Gasteiger partial charge in [0.15, 0.2) is 0 Å². The third kappa shape index (κ3) is 7.01. The topological polar surface area (TPSA) is 26.3 Å². The van der Waals surface area contributed by atoms with Crippen LogP contribution in [0.15, 0.2) is 18.2 Å². The highest BCUT2D eigenvalue weighted by molar-refractivity contribution is 6.31. The second-order valence-corrected chi connectivity index (χ2v) is 3.09. The molecule has 0 fully saturated rings. The monoisotopic (exact) mass is 258 g/mol. The van der Waals surface area contributed by atoms with Crippen molar-refractivity contribution in [2.24, 2.45) is 0 Å². The van der Waals surface area contributed by atoms with Gasteiger partial charge in [0.25, 0.3) is 0 Å². The first-order valence-electron chi connectivity index (χ1n) is 6.08. The molecule has 0 aliphatic carbocycles. The molecule has 0 bridgehead atoms. The molecule has 0 aliphatic rings. The van der Waals surface area contributed by atoms with Crippen LogP contribution < -0.4 is 0 Å². The molecule has 98 valence electrons. The SMILES string of the molecule is CC.CC.CCOC(=O)c1ccc(Cl)c(C)c1. The summed E-state index contributed by atoms with van der Waals surface area (Å²) in [4.78, 5) is 11.2. The van der Waals surface area contributed by atoms with Crippen molar-refractivity contribution in [2.45, 2.75) is 41.5 Å². The molecule has 0 aromatic heterocycles. The Morgan fingerprint density at radius 3 is 2.18 bits per heavy atom. The lowest BCUT2D eigenvalue weighted by Crippen LogP contribution is -2.04. The van der Waals surface area contributed by atoms with Crippen LogP contribution in [0.3, 0.4) is 0 Å². The molecule has 3 heteroatoms. The van der Waals surface area contributed by atoms with E-state index in [-0.39, 0.29) is 5.97 Å². The van der Waals surface area contributed by atoms with Gasteiger partial charge in [-0.15, -0.1) is 0 Å². The first-order chi connectivity index (χ1) is 8.15. The van der Waals surface area contributed by atoms with Gasteiger partial charge in [-0.25, -0.2) is 4.79 Å².